The number of hydrogen-bond donors (Lipinski definition) is 1. The van der Waals surface area contributed by atoms with Crippen LogP contribution in [0.2, 0.25) is 0 Å². The smallest absolute Gasteiger partial charge is 0.316 e. The maximum atomic E-state index is 5.34. The van der Waals surface area contributed by atoms with Crippen molar-refractivity contribution in [1.29, 1.82) is 0 Å². The molecule has 0 aliphatic carbocycles. The summed E-state index contributed by atoms with van der Waals surface area (Å²) in [5, 5.41) is 3.08. The quantitative estimate of drug-likeness (QED) is 0.789. The SMILES string of the molecule is CNCCCCOc1ncc(Br)cn1. The van der Waals surface area contributed by atoms with Gasteiger partial charge in [-0.1, -0.05) is 0 Å². The Kier molecular flexibility index (Phi) is 5.47. The molecule has 1 rings (SSSR count). The summed E-state index contributed by atoms with van der Waals surface area (Å²) in [7, 11) is 1.94. The third-order valence-corrected chi connectivity index (χ3v) is 2.06. The summed E-state index contributed by atoms with van der Waals surface area (Å²) in [6.07, 6.45) is 5.47. The molecule has 0 saturated heterocycles. The van der Waals surface area contributed by atoms with Gasteiger partial charge in [0.15, 0.2) is 0 Å². The Bertz CT molecular complexity index is 253. The van der Waals surface area contributed by atoms with Crippen molar-refractivity contribution in [1.82, 2.24) is 15.3 Å². The topological polar surface area (TPSA) is 47.0 Å². The standard InChI is InChI=1S/C9H14BrN3O/c1-11-4-2-3-5-14-9-12-6-8(10)7-13-9/h6-7,11H,2-5H2,1H3. The van der Waals surface area contributed by atoms with Gasteiger partial charge in [-0.2, -0.15) is 0 Å². The lowest BCUT2D eigenvalue weighted by Gasteiger charge is -2.03. The maximum absolute atomic E-state index is 5.34. The second kappa shape index (κ2) is 6.73. The van der Waals surface area contributed by atoms with Gasteiger partial charge in [-0.3, -0.25) is 0 Å². The minimum Gasteiger partial charge on any atom is -0.463 e. The average Bonchev–Trinajstić information content (AvgIpc) is 2.21. The number of rotatable bonds is 6. The first-order valence-electron chi connectivity index (χ1n) is 4.58. The molecule has 0 atom stereocenters. The summed E-state index contributed by atoms with van der Waals surface area (Å²) in [4.78, 5) is 8.00. The van der Waals surface area contributed by atoms with E-state index < -0.39 is 0 Å². The van der Waals surface area contributed by atoms with Crippen LogP contribution in [0.5, 0.6) is 6.01 Å². The molecular formula is C9H14BrN3O. The van der Waals surface area contributed by atoms with Crippen LogP contribution in [-0.4, -0.2) is 30.2 Å². The predicted octanol–water partition coefficient (Wildman–Crippen LogP) is 1.62. The van der Waals surface area contributed by atoms with Crippen LogP contribution in [-0.2, 0) is 0 Å². The summed E-state index contributed by atoms with van der Waals surface area (Å²) in [5.74, 6) is 0. The van der Waals surface area contributed by atoms with Gasteiger partial charge < -0.3 is 10.1 Å². The Morgan fingerprint density at radius 2 is 2.07 bits per heavy atom. The van der Waals surface area contributed by atoms with Crippen LogP contribution in [0.15, 0.2) is 16.9 Å². The summed E-state index contributed by atoms with van der Waals surface area (Å²) >= 11 is 3.26. The Hall–Kier alpha value is -0.680. The highest BCUT2D eigenvalue weighted by atomic mass is 79.9. The van der Waals surface area contributed by atoms with Gasteiger partial charge in [0, 0.05) is 12.4 Å². The number of ether oxygens (including phenoxy) is 1. The molecule has 4 nitrogen and oxygen atoms in total. The molecule has 0 aliphatic heterocycles. The fourth-order valence-corrected chi connectivity index (χ4v) is 1.15. The van der Waals surface area contributed by atoms with Crippen LogP contribution in [0, 0.1) is 0 Å². The molecule has 0 unspecified atom stereocenters. The van der Waals surface area contributed by atoms with Crippen LogP contribution in [0.25, 0.3) is 0 Å². The molecule has 14 heavy (non-hydrogen) atoms. The molecular weight excluding hydrogens is 246 g/mol. The Morgan fingerprint density at radius 3 is 2.71 bits per heavy atom. The van der Waals surface area contributed by atoms with E-state index in [-0.39, 0.29) is 0 Å². The fraction of sp³-hybridized carbons (Fsp3) is 0.556. The van der Waals surface area contributed by atoms with Crippen LogP contribution in [0.1, 0.15) is 12.8 Å². The fourth-order valence-electron chi connectivity index (χ4n) is 0.942. The molecule has 0 aliphatic rings. The van der Waals surface area contributed by atoms with Crippen molar-refractivity contribution in [3.05, 3.63) is 16.9 Å². The maximum Gasteiger partial charge on any atom is 0.316 e. The van der Waals surface area contributed by atoms with Crippen molar-refractivity contribution in [2.24, 2.45) is 0 Å². The Morgan fingerprint density at radius 1 is 1.36 bits per heavy atom. The third kappa shape index (κ3) is 4.53. The van der Waals surface area contributed by atoms with Crippen molar-refractivity contribution >= 4 is 15.9 Å². The van der Waals surface area contributed by atoms with Gasteiger partial charge >= 0.3 is 6.01 Å². The van der Waals surface area contributed by atoms with E-state index in [1.165, 1.54) is 0 Å². The van der Waals surface area contributed by atoms with Gasteiger partial charge in [-0.15, -0.1) is 0 Å². The first kappa shape index (κ1) is 11.4. The zero-order chi connectivity index (χ0) is 10.2. The zero-order valence-corrected chi connectivity index (χ0v) is 9.75. The van der Waals surface area contributed by atoms with Crippen molar-refractivity contribution in [3.8, 4) is 6.01 Å². The lowest BCUT2D eigenvalue weighted by atomic mass is 10.3. The number of halogens is 1. The zero-order valence-electron chi connectivity index (χ0n) is 8.16. The highest BCUT2D eigenvalue weighted by Crippen LogP contribution is 2.08. The highest BCUT2D eigenvalue weighted by molar-refractivity contribution is 9.10. The summed E-state index contributed by atoms with van der Waals surface area (Å²) < 4.78 is 6.20. The van der Waals surface area contributed by atoms with E-state index in [4.69, 9.17) is 4.74 Å². The van der Waals surface area contributed by atoms with Gasteiger partial charge in [0.2, 0.25) is 0 Å². The van der Waals surface area contributed by atoms with Gasteiger partial charge in [0.1, 0.15) is 0 Å². The predicted molar refractivity (Wildman–Crippen MR) is 58.4 cm³/mol. The van der Waals surface area contributed by atoms with E-state index in [0.29, 0.717) is 12.6 Å². The van der Waals surface area contributed by atoms with E-state index in [1.807, 2.05) is 7.05 Å². The summed E-state index contributed by atoms with van der Waals surface area (Å²) in [6.45, 7) is 1.69. The molecule has 1 aromatic heterocycles. The Labute approximate surface area is 92.2 Å². The first-order valence-corrected chi connectivity index (χ1v) is 5.37. The van der Waals surface area contributed by atoms with Crippen molar-refractivity contribution in [2.45, 2.75) is 12.8 Å². The summed E-state index contributed by atoms with van der Waals surface area (Å²) in [5.41, 5.74) is 0. The summed E-state index contributed by atoms with van der Waals surface area (Å²) in [6, 6.07) is 0.442. The molecule has 1 aromatic rings. The van der Waals surface area contributed by atoms with Crippen LogP contribution in [0.3, 0.4) is 0 Å². The van der Waals surface area contributed by atoms with Crippen LogP contribution in [0.4, 0.5) is 0 Å². The van der Waals surface area contributed by atoms with Gasteiger partial charge in [0.25, 0.3) is 0 Å². The monoisotopic (exact) mass is 259 g/mol. The number of nitrogens with zero attached hydrogens (tertiary/aromatic N) is 2. The van der Waals surface area contributed by atoms with Crippen molar-refractivity contribution in [2.75, 3.05) is 20.2 Å². The first-order chi connectivity index (χ1) is 6.83. The van der Waals surface area contributed by atoms with Gasteiger partial charge in [0.05, 0.1) is 11.1 Å². The lowest BCUT2D eigenvalue weighted by Crippen LogP contribution is -2.09. The molecule has 0 amide bonds. The van der Waals surface area contributed by atoms with Crippen molar-refractivity contribution < 1.29 is 4.74 Å². The second-order valence-electron chi connectivity index (χ2n) is 2.84. The largest absolute Gasteiger partial charge is 0.463 e. The second-order valence-corrected chi connectivity index (χ2v) is 3.76. The van der Waals surface area contributed by atoms with Crippen molar-refractivity contribution in [3.63, 3.8) is 0 Å². The van der Waals surface area contributed by atoms with Crippen LogP contribution < -0.4 is 10.1 Å². The van der Waals surface area contributed by atoms with E-state index >= 15 is 0 Å². The van der Waals surface area contributed by atoms with Crippen LogP contribution >= 0.6 is 15.9 Å². The van der Waals surface area contributed by atoms with E-state index in [2.05, 4.69) is 31.2 Å². The third-order valence-electron chi connectivity index (χ3n) is 1.65. The molecule has 1 heterocycles. The number of unbranched alkanes of at least 4 members (excludes halogenated alkanes) is 1. The molecule has 0 radical (unpaired) electrons. The molecule has 0 spiro atoms. The van der Waals surface area contributed by atoms with Gasteiger partial charge in [-0.05, 0) is 42.4 Å². The minimum atomic E-state index is 0.442. The molecule has 78 valence electrons. The highest BCUT2D eigenvalue weighted by Gasteiger charge is 1.96. The van der Waals surface area contributed by atoms with Gasteiger partial charge in [-0.25, -0.2) is 9.97 Å². The number of hydrogen-bond acceptors (Lipinski definition) is 4. The molecule has 5 heteroatoms. The molecule has 0 aromatic carbocycles. The van der Waals surface area contributed by atoms with E-state index in [0.717, 1.165) is 23.9 Å². The minimum absolute atomic E-state index is 0.442. The normalized spacial score (nSPS) is 10.1. The molecule has 0 saturated carbocycles. The lowest BCUT2D eigenvalue weighted by molar-refractivity contribution is 0.282. The molecule has 0 bridgehead atoms. The van der Waals surface area contributed by atoms with E-state index in [1.54, 1.807) is 12.4 Å². The molecule has 0 fully saturated rings. The van der Waals surface area contributed by atoms with E-state index in [9.17, 15) is 0 Å². The average molecular weight is 260 g/mol. The number of aromatic nitrogens is 2. The molecule has 1 N–H and O–H groups in total. The Balaban J connectivity index is 2.15. The number of nitrogens with one attached hydrogen (secondary N) is 1.